The topological polar surface area (TPSA) is 86.7 Å². The molecule has 2 N–H and O–H groups in total. The minimum Gasteiger partial charge on any atom is -0.382 e. The Hall–Kier alpha value is -0.660. The molecule has 0 rings (SSSR count). The molecule has 0 spiro atoms. The van der Waals surface area contributed by atoms with Crippen molar-refractivity contribution >= 4 is 15.9 Å². The average molecular weight is 294 g/mol. The molecule has 0 unspecified atom stereocenters. The fraction of sp³-hybridized carbons (Fsp3) is 0.917. The number of sulfonamides is 1. The maximum absolute atomic E-state index is 12.1. The van der Waals surface area contributed by atoms with E-state index in [1.54, 1.807) is 20.8 Å². The van der Waals surface area contributed by atoms with E-state index in [4.69, 9.17) is 0 Å². The number of hydrogen-bond acceptors (Lipinski definition) is 4. The molecule has 7 heteroatoms. The van der Waals surface area contributed by atoms with Gasteiger partial charge in [-0.15, -0.1) is 0 Å². The quantitative estimate of drug-likeness (QED) is 0.739. The lowest BCUT2D eigenvalue weighted by atomic mass is 10.1. The van der Waals surface area contributed by atoms with Gasteiger partial charge in [-0.2, -0.15) is 0 Å². The van der Waals surface area contributed by atoms with E-state index < -0.39 is 32.8 Å². The summed E-state index contributed by atoms with van der Waals surface area (Å²) in [6.07, 6.45) is -0.308. The van der Waals surface area contributed by atoms with E-state index in [-0.39, 0.29) is 0 Å². The Morgan fingerprint density at radius 1 is 1.32 bits per heavy atom. The third-order valence-corrected chi connectivity index (χ3v) is 5.01. The van der Waals surface area contributed by atoms with Gasteiger partial charge in [-0.05, 0) is 27.2 Å². The van der Waals surface area contributed by atoms with Crippen LogP contribution in [0.2, 0.25) is 0 Å². The van der Waals surface area contributed by atoms with Crippen LogP contribution >= 0.6 is 0 Å². The van der Waals surface area contributed by atoms with E-state index in [9.17, 15) is 18.3 Å². The molecule has 6 nitrogen and oxygen atoms in total. The lowest BCUT2D eigenvalue weighted by Gasteiger charge is -2.28. The second kappa shape index (κ2) is 6.67. The van der Waals surface area contributed by atoms with Crippen molar-refractivity contribution in [3.63, 3.8) is 0 Å². The van der Waals surface area contributed by atoms with Crippen LogP contribution in [0.4, 0.5) is 0 Å². The van der Waals surface area contributed by atoms with Crippen LogP contribution in [0.1, 0.15) is 40.5 Å². The summed E-state index contributed by atoms with van der Waals surface area (Å²) >= 11 is 0. The first-order valence-electron chi connectivity index (χ1n) is 6.35. The first kappa shape index (κ1) is 18.3. The fourth-order valence-corrected chi connectivity index (χ4v) is 2.40. The third kappa shape index (κ3) is 5.08. The van der Waals surface area contributed by atoms with Crippen LogP contribution in [-0.4, -0.2) is 55.3 Å². The van der Waals surface area contributed by atoms with Gasteiger partial charge in [0, 0.05) is 14.1 Å². The Bertz CT molecular complexity index is 398. The number of nitrogens with one attached hydrogen (secondary N) is 1. The average Bonchev–Trinajstić information content (AvgIpc) is 2.24. The number of aliphatic hydroxyl groups excluding tert-OH is 1. The van der Waals surface area contributed by atoms with Gasteiger partial charge in [0.1, 0.15) is 6.10 Å². The van der Waals surface area contributed by atoms with Gasteiger partial charge in [0.2, 0.25) is 10.0 Å². The maximum Gasteiger partial charge on any atom is 0.252 e. The van der Waals surface area contributed by atoms with Gasteiger partial charge in [0.25, 0.3) is 5.91 Å². The second-order valence-electron chi connectivity index (χ2n) is 5.81. The molecule has 0 aromatic rings. The molecule has 0 heterocycles. The minimum absolute atomic E-state index is 0.399. The lowest BCUT2D eigenvalue weighted by molar-refractivity contribution is -0.138. The van der Waals surface area contributed by atoms with Gasteiger partial charge in [-0.1, -0.05) is 13.3 Å². The molecule has 114 valence electrons. The number of hydrogen-bond donors (Lipinski definition) is 2. The molecule has 0 saturated carbocycles. The van der Waals surface area contributed by atoms with Gasteiger partial charge in [-0.3, -0.25) is 4.79 Å². The highest BCUT2D eigenvalue weighted by atomic mass is 32.2. The maximum atomic E-state index is 12.1. The Morgan fingerprint density at radius 3 is 2.11 bits per heavy atom. The SMILES string of the molecule is CCC[C@@H](NS(=O)(=O)C(C)(C)C)[C@H](O)C(=O)N(C)C. The summed E-state index contributed by atoms with van der Waals surface area (Å²) in [6.45, 7) is 6.57. The van der Waals surface area contributed by atoms with Crippen molar-refractivity contribution < 1.29 is 18.3 Å². The van der Waals surface area contributed by atoms with Crippen molar-refractivity contribution in [3.8, 4) is 0 Å². The summed E-state index contributed by atoms with van der Waals surface area (Å²) in [5.41, 5.74) is 0. The van der Waals surface area contributed by atoms with E-state index >= 15 is 0 Å². The summed E-state index contributed by atoms with van der Waals surface area (Å²) < 4.78 is 25.6. The van der Waals surface area contributed by atoms with Crippen molar-refractivity contribution in [1.82, 2.24) is 9.62 Å². The number of carbonyl (C=O) groups excluding carboxylic acids is 1. The first-order valence-corrected chi connectivity index (χ1v) is 7.83. The Balaban J connectivity index is 5.10. The van der Waals surface area contributed by atoms with Crippen LogP contribution in [0.5, 0.6) is 0 Å². The van der Waals surface area contributed by atoms with Crippen LogP contribution in [0.25, 0.3) is 0 Å². The van der Waals surface area contributed by atoms with Crippen LogP contribution in [0.15, 0.2) is 0 Å². The highest BCUT2D eigenvalue weighted by Crippen LogP contribution is 2.16. The normalized spacial score (nSPS) is 15.9. The van der Waals surface area contributed by atoms with Gasteiger partial charge < -0.3 is 10.0 Å². The summed E-state index contributed by atoms with van der Waals surface area (Å²) in [7, 11) is -0.563. The van der Waals surface area contributed by atoms with Gasteiger partial charge in [0.05, 0.1) is 10.8 Å². The van der Waals surface area contributed by atoms with E-state index in [0.717, 1.165) is 0 Å². The molecule has 1 amide bonds. The fourth-order valence-electron chi connectivity index (χ4n) is 1.40. The Labute approximate surface area is 116 Å². The molecule has 0 aromatic heterocycles. The summed E-state index contributed by atoms with van der Waals surface area (Å²) in [6, 6.07) is -0.802. The Kier molecular flexibility index (Phi) is 6.44. The number of nitrogens with zero attached hydrogens (tertiary/aromatic N) is 1. The van der Waals surface area contributed by atoms with E-state index in [1.807, 2.05) is 6.92 Å². The van der Waals surface area contributed by atoms with Crippen LogP contribution < -0.4 is 4.72 Å². The standard InChI is InChI=1S/C12H26N2O4S/c1-7-8-9(10(15)11(16)14(5)6)13-19(17,18)12(2,3)4/h9-10,13,15H,7-8H2,1-6H3/t9-,10+/m1/s1. The van der Waals surface area contributed by atoms with E-state index in [1.165, 1.54) is 19.0 Å². The summed E-state index contributed by atoms with van der Waals surface area (Å²) in [4.78, 5) is 13.0. The molecule has 2 atom stereocenters. The molecule has 0 aliphatic heterocycles. The lowest BCUT2D eigenvalue weighted by Crippen LogP contribution is -2.53. The van der Waals surface area contributed by atoms with Crippen LogP contribution in [0.3, 0.4) is 0 Å². The number of rotatable bonds is 6. The zero-order valence-electron chi connectivity index (χ0n) is 12.6. The van der Waals surface area contributed by atoms with Crippen LogP contribution in [-0.2, 0) is 14.8 Å². The molecule has 0 fully saturated rings. The molecular weight excluding hydrogens is 268 g/mol. The second-order valence-corrected chi connectivity index (χ2v) is 8.27. The zero-order chi connectivity index (χ0) is 15.4. The third-order valence-electron chi connectivity index (χ3n) is 2.79. The number of likely N-dealkylation sites (N-methyl/N-ethyl adjacent to an activating group) is 1. The molecule has 0 aliphatic carbocycles. The van der Waals surface area contributed by atoms with Crippen molar-refractivity contribution in [2.45, 2.75) is 57.4 Å². The van der Waals surface area contributed by atoms with E-state index in [2.05, 4.69) is 4.72 Å². The van der Waals surface area contributed by atoms with Crippen molar-refractivity contribution in [1.29, 1.82) is 0 Å². The number of amides is 1. The Morgan fingerprint density at radius 2 is 1.79 bits per heavy atom. The smallest absolute Gasteiger partial charge is 0.252 e. The first-order chi connectivity index (χ1) is 8.44. The largest absolute Gasteiger partial charge is 0.382 e. The predicted molar refractivity (Wildman–Crippen MR) is 75.2 cm³/mol. The highest BCUT2D eigenvalue weighted by molar-refractivity contribution is 7.90. The van der Waals surface area contributed by atoms with Crippen LogP contribution in [0, 0.1) is 0 Å². The minimum atomic E-state index is -3.60. The van der Waals surface area contributed by atoms with Gasteiger partial charge in [0.15, 0.2) is 0 Å². The highest BCUT2D eigenvalue weighted by Gasteiger charge is 2.35. The van der Waals surface area contributed by atoms with Gasteiger partial charge >= 0.3 is 0 Å². The molecule has 0 bridgehead atoms. The van der Waals surface area contributed by atoms with Crippen molar-refractivity contribution in [2.75, 3.05) is 14.1 Å². The number of aliphatic hydroxyl groups is 1. The molecule has 0 radical (unpaired) electrons. The predicted octanol–water partition coefficient (Wildman–Crippen LogP) is 0.322. The zero-order valence-corrected chi connectivity index (χ0v) is 13.4. The van der Waals surface area contributed by atoms with Crippen molar-refractivity contribution in [2.24, 2.45) is 0 Å². The molecule has 0 aliphatic rings. The molecule has 19 heavy (non-hydrogen) atoms. The molecule has 0 saturated heterocycles. The van der Waals surface area contributed by atoms with Crippen molar-refractivity contribution in [3.05, 3.63) is 0 Å². The molecule has 0 aromatic carbocycles. The molecular formula is C12H26N2O4S. The summed E-state index contributed by atoms with van der Waals surface area (Å²) in [5.74, 6) is -0.505. The number of carbonyl (C=O) groups is 1. The summed E-state index contributed by atoms with van der Waals surface area (Å²) in [5, 5.41) is 9.99. The van der Waals surface area contributed by atoms with E-state index in [0.29, 0.717) is 12.8 Å². The van der Waals surface area contributed by atoms with Gasteiger partial charge in [-0.25, -0.2) is 13.1 Å². The monoisotopic (exact) mass is 294 g/mol.